The lowest BCUT2D eigenvalue weighted by atomic mass is 10.1. The number of aromatic nitrogens is 5. The first-order valence-corrected chi connectivity index (χ1v) is 11.0. The Kier molecular flexibility index (Phi) is 5.72. The van der Waals surface area contributed by atoms with E-state index in [1.165, 1.54) is 0 Å². The van der Waals surface area contributed by atoms with Crippen molar-refractivity contribution in [3.8, 4) is 11.4 Å². The van der Waals surface area contributed by atoms with Gasteiger partial charge in [0.15, 0.2) is 5.65 Å². The van der Waals surface area contributed by atoms with Gasteiger partial charge in [0.1, 0.15) is 11.3 Å². The van der Waals surface area contributed by atoms with E-state index in [0.29, 0.717) is 39.8 Å². The fraction of sp³-hybridized carbons (Fsp3) is 0.273. The van der Waals surface area contributed by atoms with Crippen LogP contribution in [0.2, 0.25) is 10.0 Å². The minimum atomic E-state index is 0.484. The van der Waals surface area contributed by atoms with Crippen LogP contribution in [0.4, 0.5) is 5.95 Å². The third-order valence-electron chi connectivity index (χ3n) is 5.43. The van der Waals surface area contributed by atoms with Crippen molar-refractivity contribution in [3.05, 3.63) is 64.5 Å². The average Bonchev–Trinajstić information content (AvgIpc) is 3.42. The van der Waals surface area contributed by atoms with Gasteiger partial charge in [0, 0.05) is 12.7 Å². The van der Waals surface area contributed by atoms with Gasteiger partial charge < -0.3 is 15.2 Å². The minimum Gasteiger partial charge on any atom is -0.349 e. The van der Waals surface area contributed by atoms with Gasteiger partial charge in [0.2, 0.25) is 5.95 Å². The van der Waals surface area contributed by atoms with Crippen molar-refractivity contribution in [3.63, 3.8) is 0 Å². The Labute approximate surface area is 189 Å². The van der Waals surface area contributed by atoms with Gasteiger partial charge >= 0.3 is 0 Å². The zero-order valence-corrected chi connectivity index (χ0v) is 18.2. The van der Waals surface area contributed by atoms with E-state index in [-0.39, 0.29) is 0 Å². The summed E-state index contributed by atoms with van der Waals surface area (Å²) in [6.45, 7) is 3.30. The van der Waals surface area contributed by atoms with Gasteiger partial charge in [-0.25, -0.2) is 9.97 Å². The van der Waals surface area contributed by atoms with E-state index in [9.17, 15) is 0 Å². The molecule has 5 rings (SSSR count). The number of benzene rings is 1. The molecule has 0 radical (unpaired) electrons. The topological polar surface area (TPSA) is 80.6 Å². The molecule has 31 heavy (non-hydrogen) atoms. The molecule has 9 heteroatoms. The summed E-state index contributed by atoms with van der Waals surface area (Å²) in [5, 5.41) is 7.81. The molecule has 0 aliphatic carbocycles. The quantitative estimate of drug-likeness (QED) is 0.449. The molecule has 1 unspecified atom stereocenters. The SMILES string of the molecule is Clc1cccc(Cl)c1-c1nc2cnc(NCc3ccccn3)nc2n1CC1CCNC1. The molecule has 1 aliphatic rings. The van der Waals surface area contributed by atoms with Crippen LogP contribution in [0.5, 0.6) is 0 Å². The van der Waals surface area contributed by atoms with Gasteiger partial charge in [-0.15, -0.1) is 0 Å². The van der Waals surface area contributed by atoms with Crippen molar-refractivity contribution in [1.82, 2.24) is 29.8 Å². The molecule has 7 nitrogen and oxygen atoms in total. The maximum Gasteiger partial charge on any atom is 0.225 e. The van der Waals surface area contributed by atoms with Crippen molar-refractivity contribution in [1.29, 1.82) is 0 Å². The Bertz CT molecular complexity index is 1180. The molecular formula is C22H21Cl2N7. The van der Waals surface area contributed by atoms with Gasteiger partial charge in [0.05, 0.1) is 34.0 Å². The number of rotatable bonds is 6. The first-order valence-electron chi connectivity index (χ1n) is 10.2. The molecule has 4 aromatic rings. The van der Waals surface area contributed by atoms with Crippen LogP contribution in [0.3, 0.4) is 0 Å². The van der Waals surface area contributed by atoms with Crippen LogP contribution in [-0.4, -0.2) is 37.6 Å². The molecule has 158 valence electrons. The molecule has 1 aromatic carbocycles. The lowest BCUT2D eigenvalue weighted by molar-refractivity contribution is 0.490. The van der Waals surface area contributed by atoms with Crippen molar-refractivity contribution >= 4 is 40.3 Å². The van der Waals surface area contributed by atoms with Crippen molar-refractivity contribution < 1.29 is 0 Å². The number of imidazole rings is 1. The molecule has 2 N–H and O–H groups in total. The van der Waals surface area contributed by atoms with E-state index < -0.39 is 0 Å². The Hall–Kier alpha value is -2.74. The van der Waals surface area contributed by atoms with Gasteiger partial charge in [-0.1, -0.05) is 35.3 Å². The molecule has 1 atom stereocenters. The molecule has 0 spiro atoms. The Morgan fingerprint density at radius 1 is 1.06 bits per heavy atom. The zero-order chi connectivity index (χ0) is 21.2. The molecule has 0 amide bonds. The number of anilines is 1. The number of hydrogen-bond donors (Lipinski definition) is 2. The van der Waals surface area contributed by atoms with E-state index in [0.717, 1.165) is 43.0 Å². The molecule has 1 aliphatic heterocycles. The molecule has 1 fully saturated rings. The normalized spacial score (nSPS) is 16.1. The molecule has 3 aromatic heterocycles. The van der Waals surface area contributed by atoms with E-state index in [1.807, 2.05) is 36.4 Å². The standard InChI is InChI=1S/C22H21Cl2N7/c23-16-5-3-6-17(24)19(16)21-29-18-12-28-22(27-11-15-4-1-2-8-26-15)30-20(18)31(21)13-14-7-9-25-10-14/h1-6,8,12,14,25H,7,9-11,13H2,(H,27,28,30). The highest BCUT2D eigenvalue weighted by atomic mass is 35.5. The van der Waals surface area contributed by atoms with E-state index >= 15 is 0 Å². The number of pyridine rings is 1. The summed E-state index contributed by atoms with van der Waals surface area (Å²) in [5.41, 5.74) is 3.11. The van der Waals surface area contributed by atoms with Crippen molar-refractivity contribution in [2.24, 2.45) is 5.92 Å². The molecule has 0 bridgehead atoms. The lowest BCUT2D eigenvalue weighted by Gasteiger charge is -2.15. The number of nitrogens with one attached hydrogen (secondary N) is 2. The fourth-order valence-electron chi connectivity index (χ4n) is 3.88. The van der Waals surface area contributed by atoms with Gasteiger partial charge in [-0.05, 0) is 49.7 Å². The smallest absolute Gasteiger partial charge is 0.225 e. The Balaban J connectivity index is 1.56. The summed E-state index contributed by atoms with van der Waals surface area (Å²) >= 11 is 13.0. The minimum absolute atomic E-state index is 0.484. The van der Waals surface area contributed by atoms with Gasteiger partial charge in [0.25, 0.3) is 0 Å². The molecule has 1 saturated heterocycles. The second kappa shape index (κ2) is 8.78. The highest BCUT2D eigenvalue weighted by Gasteiger charge is 2.23. The van der Waals surface area contributed by atoms with Crippen LogP contribution in [-0.2, 0) is 13.1 Å². The number of nitrogens with zero attached hydrogens (tertiary/aromatic N) is 5. The highest BCUT2D eigenvalue weighted by molar-refractivity contribution is 6.39. The summed E-state index contributed by atoms with van der Waals surface area (Å²) in [6.07, 6.45) is 4.61. The summed E-state index contributed by atoms with van der Waals surface area (Å²) in [6, 6.07) is 11.3. The number of hydrogen-bond acceptors (Lipinski definition) is 6. The largest absolute Gasteiger partial charge is 0.349 e. The summed E-state index contributed by atoms with van der Waals surface area (Å²) in [7, 11) is 0. The number of halogens is 2. The molecular weight excluding hydrogens is 433 g/mol. The Morgan fingerprint density at radius 2 is 1.94 bits per heavy atom. The first-order chi connectivity index (χ1) is 15.2. The Morgan fingerprint density at radius 3 is 2.68 bits per heavy atom. The summed E-state index contributed by atoms with van der Waals surface area (Å²) < 4.78 is 2.12. The molecule has 0 saturated carbocycles. The van der Waals surface area contributed by atoms with Crippen LogP contribution >= 0.6 is 23.2 Å². The summed E-state index contributed by atoms with van der Waals surface area (Å²) in [5.74, 6) is 1.73. The van der Waals surface area contributed by atoms with Crippen molar-refractivity contribution in [2.45, 2.75) is 19.5 Å². The first kappa shape index (κ1) is 20.2. The van der Waals surface area contributed by atoms with Crippen LogP contribution in [0.15, 0.2) is 48.8 Å². The second-order valence-corrected chi connectivity index (χ2v) is 8.39. The van der Waals surface area contributed by atoms with E-state index in [1.54, 1.807) is 12.4 Å². The average molecular weight is 454 g/mol. The maximum absolute atomic E-state index is 6.52. The maximum atomic E-state index is 6.52. The zero-order valence-electron chi connectivity index (χ0n) is 16.7. The van der Waals surface area contributed by atoms with Gasteiger partial charge in [-0.3, -0.25) is 4.98 Å². The summed E-state index contributed by atoms with van der Waals surface area (Å²) in [4.78, 5) is 18.4. The predicted molar refractivity (Wildman–Crippen MR) is 123 cm³/mol. The highest BCUT2D eigenvalue weighted by Crippen LogP contribution is 2.36. The van der Waals surface area contributed by atoms with E-state index in [2.05, 4.69) is 25.2 Å². The third kappa shape index (κ3) is 4.21. The lowest BCUT2D eigenvalue weighted by Crippen LogP contribution is -2.16. The van der Waals surface area contributed by atoms with E-state index in [4.69, 9.17) is 33.2 Å². The number of fused-ring (bicyclic) bond motifs is 1. The second-order valence-electron chi connectivity index (χ2n) is 7.58. The van der Waals surface area contributed by atoms with Gasteiger partial charge in [-0.2, -0.15) is 4.98 Å². The van der Waals surface area contributed by atoms with Crippen LogP contribution < -0.4 is 10.6 Å². The van der Waals surface area contributed by atoms with Crippen LogP contribution in [0.1, 0.15) is 12.1 Å². The third-order valence-corrected chi connectivity index (χ3v) is 6.06. The van der Waals surface area contributed by atoms with Crippen molar-refractivity contribution in [2.75, 3.05) is 18.4 Å². The predicted octanol–water partition coefficient (Wildman–Crippen LogP) is 4.42. The van der Waals surface area contributed by atoms with Crippen LogP contribution in [0, 0.1) is 5.92 Å². The van der Waals surface area contributed by atoms with Crippen LogP contribution in [0.25, 0.3) is 22.6 Å². The monoisotopic (exact) mass is 453 g/mol. The fourth-order valence-corrected chi connectivity index (χ4v) is 4.45. The molecule has 4 heterocycles.